The van der Waals surface area contributed by atoms with Crippen molar-refractivity contribution in [1.29, 1.82) is 0 Å². The zero-order valence-corrected chi connectivity index (χ0v) is 9.25. The predicted octanol–water partition coefficient (Wildman–Crippen LogP) is 4.08. The van der Waals surface area contributed by atoms with Crippen molar-refractivity contribution in [3.63, 3.8) is 0 Å². The quantitative estimate of drug-likeness (QED) is 0.425. The molecule has 1 heteroatoms. The van der Waals surface area contributed by atoms with Crippen molar-refractivity contribution in [1.82, 2.24) is 0 Å². The summed E-state index contributed by atoms with van der Waals surface area (Å²) in [5.41, 5.74) is 1.44. The second kappa shape index (κ2) is 9.18. The smallest absolute Gasteiger partial charge is 0.00674 e. The van der Waals surface area contributed by atoms with E-state index in [0.29, 0.717) is 0 Å². The minimum Gasteiger partial charge on any atom is -0.162 e. The van der Waals surface area contributed by atoms with Crippen LogP contribution in [0.5, 0.6) is 0 Å². The molecule has 0 aliphatic carbocycles. The molecule has 0 spiro atoms. The van der Waals surface area contributed by atoms with Crippen LogP contribution < -0.4 is 0 Å². The van der Waals surface area contributed by atoms with Crippen LogP contribution in [-0.4, -0.2) is 11.5 Å². The van der Waals surface area contributed by atoms with Crippen molar-refractivity contribution in [2.45, 2.75) is 39.5 Å². The van der Waals surface area contributed by atoms with Gasteiger partial charge in [0.25, 0.3) is 0 Å². The van der Waals surface area contributed by atoms with Gasteiger partial charge >= 0.3 is 0 Å². The summed E-state index contributed by atoms with van der Waals surface area (Å²) in [5.74, 6) is 2.54. The van der Waals surface area contributed by atoms with Crippen LogP contribution in [0.3, 0.4) is 0 Å². The van der Waals surface area contributed by atoms with E-state index >= 15 is 0 Å². The van der Waals surface area contributed by atoms with Crippen LogP contribution in [0, 0.1) is 6.92 Å². The molecular formula is C11H21S. The standard InChI is InChI=1S/C11H21S/c1-4-9-12-10-7-5-6-8-11(2)3/h8H,1,4-7,9-10H2,2-3H3. The summed E-state index contributed by atoms with van der Waals surface area (Å²) in [7, 11) is 0. The number of hydrogen-bond donors (Lipinski definition) is 0. The molecule has 0 bridgehead atoms. The van der Waals surface area contributed by atoms with Gasteiger partial charge in [0.1, 0.15) is 0 Å². The molecule has 0 rings (SSSR count). The summed E-state index contributed by atoms with van der Waals surface area (Å²) in [6.45, 7) is 8.14. The lowest BCUT2D eigenvalue weighted by molar-refractivity contribution is 0.818. The Bertz CT molecular complexity index is 112. The Morgan fingerprint density at radius 1 is 1.25 bits per heavy atom. The van der Waals surface area contributed by atoms with Gasteiger partial charge < -0.3 is 0 Å². The summed E-state index contributed by atoms with van der Waals surface area (Å²) >= 11 is 2.03. The Morgan fingerprint density at radius 2 is 2.00 bits per heavy atom. The molecule has 0 aromatic heterocycles. The Balaban J connectivity index is 2.96. The molecular weight excluding hydrogens is 164 g/mol. The van der Waals surface area contributed by atoms with Gasteiger partial charge in [0, 0.05) is 0 Å². The van der Waals surface area contributed by atoms with E-state index in [4.69, 9.17) is 0 Å². The fraction of sp³-hybridized carbons (Fsp3) is 0.727. The van der Waals surface area contributed by atoms with Crippen molar-refractivity contribution in [3.05, 3.63) is 18.6 Å². The lowest BCUT2D eigenvalue weighted by Crippen LogP contribution is -1.82. The largest absolute Gasteiger partial charge is 0.162 e. The zero-order valence-electron chi connectivity index (χ0n) is 8.44. The third-order valence-corrected chi connectivity index (χ3v) is 2.74. The lowest BCUT2D eigenvalue weighted by Gasteiger charge is -1.98. The summed E-state index contributed by atoms with van der Waals surface area (Å²) < 4.78 is 0. The number of unbranched alkanes of at least 4 members (excludes halogenated alkanes) is 2. The molecule has 1 radical (unpaired) electrons. The van der Waals surface area contributed by atoms with Crippen molar-refractivity contribution < 1.29 is 0 Å². The van der Waals surface area contributed by atoms with E-state index in [1.54, 1.807) is 0 Å². The van der Waals surface area contributed by atoms with E-state index in [2.05, 4.69) is 26.8 Å². The second-order valence-corrected chi connectivity index (χ2v) is 4.47. The summed E-state index contributed by atoms with van der Waals surface area (Å²) in [4.78, 5) is 0. The minimum atomic E-state index is 1.07. The molecule has 0 aromatic rings. The van der Waals surface area contributed by atoms with Crippen LogP contribution in [-0.2, 0) is 0 Å². The van der Waals surface area contributed by atoms with Gasteiger partial charge in [-0.2, -0.15) is 11.8 Å². The van der Waals surface area contributed by atoms with E-state index in [0.717, 1.165) is 6.42 Å². The summed E-state index contributed by atoms with van der Waals surface area (Å²) in [6, 6.07) is 0. The molecule has 0 nitrogen and oxygen atoms in total. The molecule has 0 aliphatic rings. The predicted molar refractivity (Wildman–Crippen MR) is 60.6 cm³/mol. The van der Waals surface area contributed by atoms with Crippen LogP contribution in [0.15, 0.2) is 11.6 Å². The van der Waals surface area contributed by atoms with Crippen LogP contribution in [0.4, 0.5) is 0 Å². The van der Waals surface area contributed by atoms with Gasteiger partial charge in [-0.3, -0.25) is 0 Å². The maximum absolute atomic E-state index is 3.81. The third kappa shape index (κ3) is 10.1. The maximum Gasteiger partial charge on any atom is -0.00674 e. The van der Waals surface area contributed by atoms with Crippen molar-refractivity contribution in [2.75, 3.05) is 11.5 Å². The van der Waals surface area contributed by atoms with Crippen LogP contribution in [0.25, 0.3) is 0 Å². The number of allylic oxidation sites excluding steroid dienone is 2. The van der Waals surface area contributed by atoms with Gasteiger partial charge in [-0.25, -0.2) is 0 Å². The molecule has 71 valence electrons. The van der Waals surface area contributed by atoms with Crippen molar-refractivity contribution in [3.8, 4) is 0 Å². The molecule has 0 saturated heterocycles. The Morgan fingerprint density at radius 3 is 2.58 bits per heavy atom. The Kier molecular flexibility index (Phi) is 9.25. The Labute approximate surface area is 81.8 Å². The van der Waals surface area contributed by atoms with Gasteiger partial charge in [0.05, 0.1) is 0 Å². The molecule has 0 heterocycles. The number of rotatable bonds is 7. The van der Waals surface area contributed by atoms with Crippen LogP contribution in [0.2, 0.25) is 0 Å². The SMILES string of the molecule is [CH2]CCSCCCCC=C(C)C. The van der Waals surface area contributed by atoms with Gasteiger partial charge in [-0.15, -0.1) is 0 Å². The zero-order chi connectivity index (χ0) is 9.23. The summed E-state index contributed by atoms with van der Waals surface area (Å²) in [6.07, 6.45) is 7.35. The molecule has 0 atom stereocenters. The van der Waals surface area contributed by atoms with E-state index in [9.17, 15) is 0 Å². The molecule has 0 unspecified atom stereocenters. The van der Waals surface area contributed by atoms with Gasteiger partial charge in [0.2, 0.25) is 0 Å². The van der Waals surface area contributed by atoms with E-state index in [-0.39, 0.29) is 0 Å². The van der Waals surface area contributed by atoms with Crippen molar-refractivity contribution in [2.24, 2.45) is 0 Å². The first-order valence-electron chi connectivity index (χ1n) is 4.77. The topological polar surface area (TPSA) is 0 Å². The van der Waals surface area contributed by atoms with Gasteiger partial charge in [-0.1, -0.05) is 18.6 Å². The molecule has 0 amide bonds. The highest BCUT2D eigenvalue weighted by atomic mass is 32.2. The average molecular weight is 185 g/mol. The molecule has 0 saturated carbocycles. The first-order chi connectivity index (χ1) is 5.77. The van der Waals surface area contributed by atoms with Crippen molar-refractivity contribution >= 4 is 11.8 Å². The Hall–Kier alpha value is 0.0900. The molecule has 0 aliphatic heterocycles. The van der Waals surface area contributed by atoms with Crippen LogP contribution in [0.1, 0.15) is 39.5 Å². The maximum atomic E-state index is 3.81. The highest BCUT2D eigenvalue weighted by molar-refractivity contribution is 7.99. The third-order valence-electron chi connectivity index (χ3n) is 1.58. The van der Waals surface area contributed by atoms with E-state index in [1.165, 1.54) is 36.3 Å². The second-order valence-electron chi connectivity index (χ2n) is 3.24. The molecule has 0 fully saturated rings. The molecule has 0 aromatic carbocycles. The fourth-order valence-electron chi connectivity index (χ4n) is 0.943. The first kappa shape index (κ1) is 12.1. The average Bonchev–Trinajstić information content (AvgIpc) is 2.02. The first-order valence-corrected chi connectivity index (χ1v) is 5.93. The highest BCUT2D eigenvalue weighted by Crippen LogP contribution is 2.08. The highest BCUT2D eigenvalue weighted by Gasteiger charge is 1.88. The molecule has 0 N–H and O–H groups in total. The normalized spacial score (nSPS) is 9.92. The minimum absolute atomic E-state index is 1.07. The fourth-order valence-corrected chi connectivity index (χ4v) is 1.76. The van der Waals surface area contributed by atoms with E-state index < -0.39 is 0 Å². The summed E-state index contributed by atoms with van der Waals surface area (Å²) in [5, 5.41) is 0. The number of hydrogen-bond acceptors (Lipinski definition) is 1. The number of thioether (sulfide) groups is 1. The molecule has 12 heavy (non-hydrogen) atoms. The van der Waals surface area contributed by atoms with Gasteiger partial charge in [0.15, 0.2) is 0 Å². The lowest BCUT2D eigenvalue weighted by atomic mass is 10.2. The van der Waals surface area contributed by atoms with Crippen LogP contribution >= 0.6 is 11.8 Å². The van der Waals surface area contributed by atoms with Gasteiger partial charge in [-0.05, 0) is 51.0 Å². The monoisotopic (exact) mass is 185 g/mol. The van der Waals surface area contributed by atoms with E-state index in [1.807, 2.05) is 11.8 Å².